The number of rotatable bonds is 4. The number of para-hydroxylation sites is 1. The molecule has 4 nitrogen and oxygen atoms in total. The number of halogens is 1. The Kier molecular flexibility index (Phi) is 4.24. The van der Waals surface area contributed by atoms with Gasteiger partial charge in [-0.2, -0.15) is 5.26 Å². The van der Waals surface area contributed by atoms with Crippen LogP contribution in [0.2, 0.25) is 0 Å². The second kappa shape index (κ2) is 5.94. The molecule has 0 bridgehead atoms. The molecule has 0 aliphatic carbocycles. The molecule has 0 radical (unpaired) electrons. The molecule has 21 heavy (non-hydrogen) atoms. The minimum absolute atomic E-state index is 0.0345. The number of nitriles is 1. The van der Waals surface area contributed by atoms with Gasteiger partial charge in [0.2, 0.25) is 0 Å². The van der Waals surface area contributed by atoms with Crippen molar-refractivity contribution in [2.75, 3.05) is 10.8 Å². The highest BCUT2D eigenvalue weighted by molar-refractivity contribution is 7.92. The monoisotopic (exact) mass is 304 g/mol. The van der Waals surface area contributed by atoms with E-state index < -0.39 is 15.8 Å². The lowest BCUT2D eigenvalue weighted by atomic mass is 10.2. The van der Waals surface area contributed by atoms with Gasteiger partial charge in [0.25, 0.3) is 10.0 Å². The van der Waals surface area contributed by atoms with E-state index in [4.69, 9.17) is 5.26 Å². The third-order valence-corrected chi connectivity index (χ3v) is 4.93. The highest BCUT2D eigenvalue weighted by Gasteiger charge is 2.27. The topological polar surface area (TPSA) is 61.2 Å². The molecule has 0 amide bonds. The van der Waals surface area contributed by atoms with Crippen molar-refractivity contribution in [1.82, 2.24) is 0 Å². The normalized spacial score (nSPS) is 10.9. The number of anilines is 1. The van der Waals surface area contributed by atoms with Crippen LogP contribution < -0.4 is 4.31 Å². The van der Waals surface area contributed by atoms with E-state index in [2.05, 4.69) is 0 Å². The highest BCUT2D eigenvalue weighted by Crippen LogP contribution is 2.27. The first-order valence-corrected chi connectivity index (χ1v) is 7.72. The summed E-state index contributed by atoms with van der Waals surface area (Å²) in [5, 5.41) is 9.05. The fraction of sp³-hybridized carbons (Fsp3) is 0.133. The van der Waals surface area contributed by atoms with Gasteiger partial charge in [0.1, 0.15) is 16.8 Å². The van der Waals surface area contributed by atoms with Crippen LogP contribution in [0.4, 0.5) is 10.1 Å². The summed E-state index contributed by atoms with van der Waals surface area (Å²) in [6.07, 6.45) is 0. The van der Waals surface area contributed by atoms with Crippen LogP contribution in [0.15, 0.2) is 53.4 Å². The Morgan fingerprint density at radius 2 is 1.76 bits per heavy atom. The first kappa shape index (κ1) is 15.0. The quantitative estimate of drug-likeness (QED) is 0.872. The molecule has 0 aromatic heterocycles. The predicted octanol–water partition coefficient (Wildman–Crippen LogP) is 2.91. The number of sulfonamides is 1. The van der Waals surface area contributed by atoms with Crippen LogP contribution in [-0.4, -0.2) is 15.0 Å². The number of hydrogen-bond donors (Lipinski definition) is 0. The van der Waals surface area contributed by atoms with E-state index in [9.17, 15) is 12.8 Å². The lowest BCUT2D eigenvalue weighted by Gasteiger charge is -2.23. The van der Waals surface area contributed by atoms with Gasteiger partial charge in [-0.05, 0) is 31.2 Å². The van der Waals surface area contributed by atoms with Crippen LogP contribution in [0, 0.1) is 17.1 Å². The Morgan fingerprint density at radius 3 is 2.38 bits per heavy atom. The molecule has 0 saturated carbocycles. The fourth-order valence-corrected chi connectivity index (χ4v) is 3.65. The second-order valence-corrected chi connectivity index (χ2v) is 6.06. The van der Waals surface area contributed by atoms with Gasteiger partial charge in [-0.15, -0.1) is 0 Å². The average Bonchev–Trinajstić information content (AvgIpc) is 2.49. The molecule has 2 rings (SSSR count). The van der Waals surface area contributed by atoms with Crippen LogP contribution in [-0.2, 0) is 10.0 Å². The largest absolute Gasteiger partial charge is 0.265 e. The molecule has 0 aliphatic heterocycles. The van der Waals surface area contributed by atoms with Crippen molar-refractivity contribution < 1.29 is 12.8 Å². The molecule has 2 aromatic rings. The summed E-state index contributed by atoms with van der Waals surface area (Å²) in [5.74, 6) is -0.627. The summed E-state index contributed by atoms with van der Waals surface area (Å²) >= 11 is 0. The van der Waals surface area contributed by atoms with Crippen molar-refractivity contribution >= 4 is 15.7 Å². The molecular weight excluding hydrogens is 291 g/mol. The van der Waals surface area contributed by atoms with Crippen LogP contribution in [0.3, 0.4) is 0 Å². The maximum Gasteiger partial charge on any atom is 0.265 e. The average molecular weight is 304 g/mol. The summed E-state index contributed by atoms with van der Waals surface area (Å²) in [4.78, 5) is -0.127. The molecule has 0 unspecified atom stereocenters. The molecule has 2 aromatic carbocycles. The predicted molar refractivity (Wildman–Crippen MR) is 77.8 cm³/mol. The number of benzene rings is 2. The van der Waals surface area contributed by atoms with Crippen molar-refractivity contribution in [1.29, 1.82) is 5.26 Å². The minimum atomic E-state index is -4.00. The molecule has 0 atom stereocenters. The van der Waals surface area contributed by atoms with Gasteiger partial charge in [0.15, 0.2) is 0 Å². The van der Waals surface area contributed by atoms with E-state index in [1.807, 2.05) is 6.07 Å². The first-order chi connectivity index (χ1) is 10.0. The Labute approximate surface area is 123 Å². The smallest absolute Gasteiger partial charge is 0.264 e. The summed E-state index contributed by atoms with van der Waals surface area (Å²) in [6, 6.07) is 13.4. The van der Waals surface area contributed by atoms with Crippen molar-refractivity contribution in [3.05, 3.63) is 59.9 Å². The standard InChI is InChI=1S/C15H13FN2O2S/c1-2-18(14-9-5-4-8-13(14)16)21(19,20)15-10-6-3-7-12(15)11-17/h3-10H,2H2,1H3. The lowest BCUT2D eigenvalue weighted by molar-refractivity contribution is 0.586. The summed E-state index contributed by atoms with van der Waals surface area (Å²) < 4.78 is 40.2. The van der Waals surface area contributed by atoms with Crippen molar-refractivity contribution in [3.63, 3.8) is 0 Å². The van der Waals surface area contributed by atoms with Gasteiger partial charge in [-0.3, -0.25) is 4.31 Å². The zero-order chi connectivity index (χ0) is 15.5. The van der Waals surface area contributed by atoms with Gasteiger partial charge < -0.3 is 0 Å². The molecule has 0 N–H and O–H groups in total. The Bertz CT molecular complexity index is 797. The van der Waals surface area contributed by atoms with E-state index in [0.29, 0.717) is 0 Å². The zero-order valence-electron chi connectivity index (χ0n) is 11.3. The summed E-state index contributed by atoms with van der Waals surface area (Å²) in [5.41, 5.74) is 0.0000298. The first-order valence-electron chi connectivity index (χ1n) is 6.28. The molecule has 0 heterocycles. The molecule has 108 valence electrons. The van der Waals surface area contributed by atoms with Gasteiger partial charge in [-0.25, -0.2) is 12.8 Å². The van der Waals surface area contributed by atoms with E-state index in [-0.39, 0.29) is 22.7 Å². The van der Waals surface area contributed by atoms with Crippen molar-refractivity contribution in [2.24, 2.45) is 0 Å². The molecule has 0 aliphatic rings. The van der Waals surface area contributed by atoms with Gasteiger partial charge in [0.05, 0.1) is 11.3 Å². The summed E-state index contributed by atoms with van der Waals surface area (Å²) in [6.45, 7) is 1.67. The molecule has 6 heteroatoms. The Morgan fingerprint density at radius 1 is 1.14 bits per heavy atom. The highest BCUT2D eigenvalue weighted by atomic mass is 32.2. The maximum absolute atomic E-state index is 13.9. The third-order valence-electron chi connectivity index (χ3n) is 2.98. The van der Waals surface area contributed by atoms with Crippen molar-refractivity contribution in [2.45, 2.75) is 11.8 Å². The second-order valence-electron chi connectivity index (χ2n) is 4.23. The minimum Gasteiger partial charge on any atom is -0.264 e. The lowest BCUT2D eigenvalue weighted by Crippen LogP contribution is -2.32. The van der Waals surface area contributed by atoms with Gasteiger partial charge in [0, 0.05) is 6.54 Å². The molecular formula is C15H13FN2O2S. The molecule has 0 fully saturated rings. The molecule has 0 spiro atoms. The van der Waals surface area contributed by atoms with Crippen molar-refractivity contribution in [3.8, 4) is 6.07 Å². The van der Waals surface area contributed by atoms with Gasteiger partial charge in [-0.1, -0.05) is 24.3 Å². The van der Waals surface area contributed by atoms with Crippen LogP contribution in [0.5, 0.6) is 0 Å². The third kappa shape index (κ3) is 2.73. The van der Waals surface area contributed by atoms with Gasteiger partial charge >= 0.3 is 0 Å². The van der Waals surface area contributed by atoms with Crippen LogP contribution >= 0.6 is 0 Å². The van der Waals surface area contributed by atoms with E-state index in [0.717, 1.165) is 4.31 Å². The van der Waals surface area contributed by atoms with Crippen LogP contribution in [0.25, 0.3) is 0 Å². The Hall–Kier alpha value is -2.39. The van der Waals surface area contributed by atoms with E-state index >= 15 is 0 Å². The molecule has 0 saturated heterocycles. The Balaban J connectivity index is 2.62. The van der Waals surface area contributed by atoms with E-state index in [1.54, 1.807) is 19.1 Å². The number of nitrogens with zero attached hydrogens (tertiary/aromatic N) is 2. The fourth-order valence-electron chi connectivity index (χ4n) is 2.03. The van der Waals surface area contributed by atoms with E-state index in [1.165, 1.54) is 36.4 Å². The SMILES string of the molecule is CCN(c1ccccc1F)S(=O)(=O)c1ccccc1C#N. The zero-order valence-corrected chi connectivity index (χ0v) is 12.1. The maximum atomic E-state index is 13.9. The number of hydrogen-bond acceptors (Lipinski definition) is 3. The summed E-state index contributed by atoms with van der Waals surface area (Å²) in [7, 11) is -4.00. The van der Waals surface area contributed by atoms with Crippen LogP contribution in [0.1, 0.15) is 12.5 Å².